The number of nitrogens with one attached hydrogen (secondary N) is 2. The lowest BCUT2D eigenvalue weighted by atomic mass is 10.2. The van der Waals surface area contributed by atoms with E-state index in [1.54, 1.807) is 18.3 Å². The van der Waals surface area contributed by atoms with Crippen LogP contribution in [0.5, 0.6) is 0 Å². The van der Waals surface area contributed by atoms with Gasteiger partial charge in [-0.25, -0.2) is 9.67 Å². The summed E-state index contributed by atoms with van der Waals surface area (Å²) >= 11 is 0. The summed E-state index contributed by atoms with van der Waals surface area (Å²) in [6.07, 6.45) is 3.95. The largest absolute Gasteiger partial charge is 0.336 e. The van der Waals surface area contributed by atoms with Crippen LogP contribution in [0.3, 0.4) is 0 Å². The van der Waals surface area contributed by atoms with E-state index in [1.165, 1.54) is 17.8 Å². The molecule has 0 aliphatic heterocycles. The van der Waals surface area contributed by atoms with Gasteiger partial charge in [0.1, 0.15) is 17.9 Å². The molecule has 0 fully saturated rings. The topological polar surface area (TPSA) is 111 Å². The standard InChI is InChI=1S/C22H22N6O3/c1-3-10-27-18-7-5-4-6-16(18)17-12-24-28(22(31)21(17)27)13-20(30)26-15-8-9-19(23-11-15)25-14(2)29/h4-9,11-12H,3,10,13H2,1-2H3,(H,26,30)(H,23,25,29). The Labute approximate surface area is 177 Å². The maximum Gasteiger partial charge on any atom is 0.291 e. The fourth-order valence-electron chi connectivity index (χ4n) is 3.62. The van der Waals surface area contributed by atoms with Crippen molar-refractivity contribution in [1.29, 1.82) is 0 Å². The zero-order valence-electron chi connectivity index (χ0n) is 17.3. The summed E-state index contributed by atoms with van der Waals surface area (Å²) in [5.74, 6) is -0.246. The summed E-state index contributed by atoms with van der Waals surface area (Å²) in [6.45, 7) is 3.91. The molecular formula is C22H22N6O3. The zero-order chi connectivity index (χ0) is 22.0. The predicted molar refractivity (Wildman–Crippen MR) is 119 cm³/mol. The molecule has 2 amide bonds. The van der Waals surface area contributed by atoms with E-state index >= 15 is 0 Å². The van der Waals surface area contributed by atoms with Gasteiger partial charge in [0.05, 0.1) is 18.1 Å². The Morgan fingerprint density at radius 2 is 1.84 bits per heavy atom. The van der Waals surface area contributed by atoms with Crippen molar-refractivity contribution < 1.29 is 9.59 Å². The number of carbonyl (C=O) groups is 2. The smallest absolute Gasteiger partial charge is 0.291 e. The lowest BCUT2D eigenvalue weighted by molar-refractivity contribution is -0.117. The number of benzene rings is 1. The number of para-hydroxylation sites is 1. The van der Waals surface area contributed by atoms with Gasteiger partial charge in [-0.15, -0.1) is 0 Å². The van der Waals surface area contributed by atoms with Gasteiger partial charge in [0.25, 0.3) is 5.56 Å². The van der Waals surface area contributed by atoms with Gasteiger partial charge in [-0.2, -0.15) is 5.10 Å². The molecule has 0 saturated heterocycles. The minimum absolute atomic E-state index is 0.226. The summed E-state index contributed by atoms with van der Waals surface area (Å²) < 4.78 is 3.16. The molecule has 0 unspecified atom stereocenters. The van der Waals surface area contributed by atoms with Crippen LogP contribution in [-0.4, -0.2) is 31.1 Å². The molecule has 0 spiro atoms. The fourth-order valence-corrected chi connectivity index (χ4v) is 3.62. The lowest BCUT2D eigenvalue weighted by Gasteiger charge is -2.09. The molecule has 9 nitrogen and oxygen atoms in total. The molecule has 0 bridgehead atoms. The van der Waals surface area contributed by atoms with Gasteiger partial charge in [-0.3, -0.25) is 14.4 Å². The Kier molecular flexibility index (Phi) is 5.48. The van der Waals surface area contributed by atoms with Gasteiger partial charge in [-0.1, -0.05) is 25.1 Å². The molecular weight excluding hydrogens is 396 g/mol. The first-order chi connectivity index (χ1) is 15.0. The second-order valence-corrected chi connectivity index (χ2v) is 7.20. The molecule has 31 heavy (non-hydrogen) atoms. The van der Waals surface area contributed by atoms with Crippen molar-refractivity contribution in [2.75, 3.05) is 10.6 Å². The highest BCUT2D eigenvalue weighted by Gasteiger charge is 2.16. The summed E-state index contributed by atoms with van der Waals surface area (Å²) in [5.41, 5.74) is 1.67. The molecule has 0 saturated carbocycles. The predicted octanol–water partition coefficient (Wildman–Crippen LogP) is 2.75. The van der Waals surface area contributed by atoms with Crippen molar-refractivity contribution in [3.8, 4) is 0 Å². The van der Waals surface area contributed by atoms with Gasteiger partial charge in [0, 0.05) is 29.8 Å². The van der Waals surface area contributed by atoms with Gasteiger partial charge in [-0.05, 0) is 24.6 Å². The van der Waals surface area contributed by atoms with Crippen LogP contribution in [0.25, 0.3) is 21.8 Å². The van der Waals surface area contributed by atoms with E-state index in [0.29, 0.717) is 23.6 Å². The third-order valence-corrected chi connectivity index (χ3v) is 4.87. The molecule has 9 heteroatoms. The zero-order valence-corrected chi connectivity index (χ0v) is 17.3. The van der Waals surface area contributed by atoms with Crippen LogP contribution in [0.1, 0.15) is 20.3 Å². The van der Waals surface area contributed by atoms with E-state index in [2.05, 4.69) is 27.6 Å². The molecule has 4 rings (SSSR count). The van der Waals surface area contributed by atoms with Crippen molar-refractivity contribution in [2.45, 2.75) is 33.4 Å². The third-order valence-electron chi connectivity index (χ3n) is 4.87. The Hall–Kier alpha value is -4.01. The first kappa shape index (κ1) is 20.3. The molecule has 3 aromatic heterocycles. The quantitative estimate of drug-likeness (QED) is 0.500. The fraction of sp³-hybridized carbons (Fsp3) is 0.227. The van der Waals surface area contributed by atoms with Crippen molar-refractivity contribution in [1.82, 2.24) is 19.3 Å². The Bertz CT molecular complexity index is 1340. The molecule has 2 N–H and O–H groups in total. The second-order valence-electron chi connectivity index (χ2n) is 7.20. The highest BCUT2D eigenvalue weighted by molar-refractivity contribution is 6.07. The van der Waals surface area contributed by atoms with E-state index < -0.39 is 5.91 Å². The highest BCUT2D eigenvalue weighted by atomic mass is 16.2. The van der Waals surface area contributed by atoms with Crippen LogP contribution in [0.4, 0.5) is 11.5 Å². The number of aryl methyl sites for hydroxylation is 1. The average Bonchev–Trinajstić information content (AvgIpc) is 3.06. The average molecular weight is 418 g/mol. The number of carbonyl (C=O) groups excluding carboxylic acids is 2. The molecule has 4 aromatic rings. The van der Waals surface area contributed by atoms with Crippen LogP contribution >= 0.6 is 0 Å². The molecule has 0 aliphatic carbocycles. The summed E-state index contributed by atoms with van der Waals surface area (Å²) in [7, 11) is 0. The van der Waals surface area contributed by atoms with Crippen molar-refractivity contribution >= 4 is 45.1 Å². The number of rotatable bonds is 6. The highest BCUT2D eigenvalue weighted by Crippen LogP contribution is 2.26. The molecule has 1 aromatic carbocycles. The van der Waals surface area contributed by atoms with Gasteiger partial charge < -0.3 is 15.2 Å². The number of anilines is 2. The molecule has 0 aliphatic rings. The van der Waals surface area contributed by atoms with Crippen LogP contribution in [0.15, 0.2) is 53.6 Å². The molecule has 3 heterocycles. The first-order valence-electron chi connectivity index (χ1n) is 9.98. The number of fused-ring (bicyclic) bond motifs is 3. The van der Waals surface area contributed by atoms with E-state index in [-0.39, 0.29) is 18.0 Å². The Morgan fingerprint density at radius 3 is 2.55 bits per heavy atom. The Balaban J connectivity index is 1.61. The first-order valence-corrected chi connectivity index (χ1v) is 9.98. The molecule has 0 atom stereocenters. The molecule has 158 valence electrons. The van der Waals surface area contributed by atoms with E-state index in [0.717, 1.165) is 22.7 Å². The maximum absolute atomic E-state index is 13.2. The normalized spacial score (nSPS) is 11.0. The summed E-state index contributed by atoms with van der Waals surface area (Å²) in [6, 6.07) is 11.0. The van der Waals surface area contributed by atoms with Crippen molar-refractivity contribution in [2.24, 2.45) is 0 Å². The van der Waals surface area contributed by atoms with Crippen LogP contribution in [0.2, 0.25) is 0 Å². The van der Waals surface area contributed by atoms with E-state index in [1.807, 2.05) is 28.8 Å². The van der Waals surface area contributed by atoms with Crippen molar-refractivity contribution in [3.63, 3.8) is 0 Å². The minimum atomic E-state index is -0.402. The second kappa shape index (κ2) is 8.39. The number of nitrogens with zero attached hydrogens (tertiary/aromatic N) is 4. The minimum Gasteiger partial charge on any atom is -0.336 e. The number of pyridine rings is 1. The number of hydrogen-bond donors (Lipinski definition) is 2. The van der Waals surface area contributed by atoms with Gasteiger partial charge in [0.2, 0.25) is 11.8 Å². The van der Waals surface area contributed by atoms with Crippen LogP contribution in [0, 0.1) is 0 Å². The number of amides is 2. The van der Waals surface area contributed by atoms with Crippen LogP contribution < -0.4 is 16.2 Å². The number of hydrogen-bond acceptors (Lipinski definition) is 5. The van der Waals surface area contributed by atoms with Gasteiger partial charge in [0.15, 0.2) is 0 Å². The summed E-state index contributed by atoms with van der Waals surface area (Å²) in [4.78, 5) is 40.8. The Morgan fingerprint density at radius 1 is 1.03 bits per heavy atom. The maximum atomic E-state index is 13.2. The van der Waals surface area contributed by atoms with E-state index in [4.69, 9.17) is 0 Å². The molecule has 0 radical (unpaired) electrons. The lowest BCUT2D eigenvalue weighted by Crippen LogP contribution is -2.30. The SMILES string of the molecule is CCCn1c2ccccc2c2cnn(CC(=O)Nc3ccc(NC(C)=O)nc3)c(=O)c21. The van der Waals surface area contributed by atoms with Gasteiger partial charge >= 0.3 is 0 Å². The third kappa shape index (κ3) is 4.02. The van der Waals surface area contributed by atoms with Crippen molar-refractivity contribution in [3.05, 3.63) is 59.1 Å². The van der Waals surface area contributed by atoms with E-state index in [9.17, 15) is 14.4 Å². The number of aromatic nitrogens is 4. The monoisotopic (exact) mass is 418 g/mol. The summed E-state index contributed by atoms with van der Waals surface area (Å²) in [5, 5.41) is 11.2. The van der Waals surface area contributed by atoms with Crippen LogP contribution in [-0.2, 0) is 22.7 Å².